The summed E-state index contributed by atoms with van der Waals surface area (Å²) < 4.78 is 5.33. The number of ether oxygens (including phenoxy) is 1. The summed E-state index contributed by atoms with van der Waals surface area (Å²) in [5, 5.41) is 14.6. The number of aliphatic hydroxyl groups is 1. The molecule has 0 saturated heterocycles. The van der Waals surface area contributed by atoms with Crippen LogP contribution in [-0.4, -0.2) is 42.5 Å². The maximum atomic E-state index is 11.7. The Balaban J connectivity index is 4.07. The van der Waals surface area contributed by atoms with E-state index in [0.29, 0.717) is 6.42 Å². The van der Waals surface area contributed by atoms with Crippen LogP contribution in [-0.2, 0) is 4.74 Å². The minimum Gasteiger partial charge on any atom is -0.396 e. The number of urea groups is 1. The van der Waals surface area contributed by atoms with E-state index in [0.717, 1.165) is 12.8 Å². The number of amides is 2. The molecule has 0 saturated carbocycles. The fourth-order valence-corrected chi connectivity index (χ4v) is 1.86. The summed E-state index contributed by atoms with van der Waals surface area (Å²) in [6.45, 7) is 8.00. The molecule has 0 spiro atoms. The van der Waals surface area contributed by atoms with Crippen LogP contribution >= 0.6 is 0 Å². The topological polar surface area (TPSA) is 70.6 Å². The van der Waals surface area contributed by atoms with Crippen LogP contribution in [0, 0.1) is 0 Å². The van der Waals surface area contributed by atoms with Crippen molar-refractivity contribution in [2.45, 2.75) is 64.6 Å². The summed E-state index contributed by atoms with van der Waals surface area (Å²) in [6, 6.07) is -0.126. The fraction of sp³-hybridized carbons (Fsp3) is 0.923. The molecule has 18 heavy (non-hydrogen) atoms. The quantitative estimate of drug-likeness (QED) is 0.621. The molecule has 0 aliphatic rings. The van der Waals surface area contributed by atoms with Crippen LogP contribution in [0.5, 0.6) is 0 Å². The molecule has 0 radical (unpaired) electrons. The van der Waals surface area contributed by atoms with Crippen LogP contribution in [0.1, 0.15) is 47.0 Å². The Labute approximate surface area is 110 Å². The van der Waals surface area contributed by atoms with Gasteiger partial charge in [-0.3, -0.25) is 0 Å². The number of aliphatic hydroxyl groups excluding tert-OH is 1. The van der Waals surface area contributed by atoms with Crippen LogP contribution in [0.25, 0.3) is 0 Å². The van der Waals surface area contributed by atoms with Crippen LogP contribution in [0.3, 0.4) is 0 Å². The van der Waals surface area contributed by atoms with Crippen LogP contribution < -0.4 is 10.6 Å². The third-order valence-corrected chi connectivity index (χ3v) is 3.03. The van der Waals surface area contributed by atoms with Crippen molar-refractivity contribution in [1.29, 1.82) is 0 Å². The zero-order chi connectivity index (χ0) is 14.2. The number of nitrogens with one attached hydrogen (secondary N) is 2. The fourth-order valence-electron chi connectivity index (χ4n) is 1.86. The molecule has 2 atom stereocenters. The Bertz CT molecular complexity index is 244. The lowest BCUT2D eigenvalue weighted by Crippen LogP contribution is -2.47. The molecule has 0 aromatic heterocycles. The first kappa shape index (κ1) is 17.2. The molecule has 0 aromatic carbocycles. The van der Waals surface area contributed by atoms with Gasteiger partial charge in [-0.2, -0.15) is 0 Å². The van der Waals surface area contributed by atoms with E-state index < -0.39 is 0 Å². The van der Waals surface area contributed by atoms with Crippen molar-refractivity contribution >= 4 is 6.03 Å². The molecule has 0 aliphatic carbocycles. The maximum absolute atomic E-state index is 11.7. The second-order valence-corrected chi connectivity index (χ2v) is 5.30. The molecule has 2 unspecified atom stereocenters. The summed E-state index contributed by atoms with van der Waals surface area (Å²) in [7, 11) is 1.67. The summed E-state index contributed by atoms with van der Waals surface area (Å²) >= 11 is 0. The molecule has 2 amide bonds. The molecular formula is C13H28N2O3. The zero-order valence-electron chi connectivity index (χ0n) is 12.2. The number of carbonyl (C=O) groups excluding carboxylic acids is 1. The average Bonchev–Trinajstić information content (AvgIpc) is 2.27. The van der Waals surface area contributed by atoms with Gasteiger partial charge in [0.1, 0.15) is 0 Å². The van der Waals surface area contributed by atoms with Crippen molar-refractivity contribution in [1.82, 2.24) is 10.6 Å². The Kier molecular flexibility index (Phi) is 7.95. The number of methoxy groups -OCH3 is 1. The highest BCUT2D eigenvalue weighted by molar-refractivity contribution is 5.74. The summed E-state index contributed by atoms with van der Waals surface area (Å²) in [4.78, 5) is 11.7. The first-order valence-electron chi connectivity index (χ1n) is 6.57. The number of rotatable bonds is 8. The van der Waals surface area contributed by atoms with Crippen molar-refractivity contribution in [3.05, 3.63) is 0 Å². The van der Waals surface area contributed by atoms with Crippen molar-refractivity contribution in [2.75, 3.05) is 13.7 Å². The minimum absolute atomic E-state index is 0.0256. The van der Waals surface area contributed by atoms with Crippen molar-refractivity contribution in [3.8, 4) is 0 Å². The van der Waals surface area contributed by atoms with E-state index in [1.807, 2.05) is 27.7 Å². The van der Waals surface area contributed by atoms with Gasteiger partial charge in [-0.1, -0.05) is 6.92 Å². The predicted octanol–water partition coefficient (Wildman–Crippen LogP) is 1.65. The van der Waals surface area contributed by atoms with Gasteiger partial charge in [-0.15, -0.1) is 0 Å². The average molecular weight is 260 g/mol. The standard InChI is InChI=1S/C13H28N2O3/c1-6-11(7-8-16)15-12(17)14-10(2)9-13(3,4)18-5/h10-11,16H,6-9H2,1-5H3,(H2,14,15,17). The third kappa shape index (κ3) is 7.50. The first-order chi connectivity index (χ1) is 8.34. The highest BCUT2D eigenvalue weighted by atomic mass is 16.5. The summed E-state index contributed by atoms with van der Waals surface area (Å²) in [6.07, 6.45) is 2.14. The Morgan fingerprint density at radius 1 is 1.39 bits per heavy atom. The van der Waals surface area contributed by atoms with Crippen molar-refractivity contribution in [3.63, 3.8) is 0 Å². The summed E-state index contributed by atoms with van der Waals surface area (Å²) in [5.74, 6) is 0. The predicted molar refractivity (Wildman–Crippen MR) is 72.6 cm³/mol. The molecule has 3 N–H and O–H groups in total. The lowest BCUT2D eigenvalue weighted by Gasteiger charge is -2.27. The first-order valence-corrected chi connectivity index (χ1v) is 6.57. The SMILES string of the molecule is CCC(CCO)NC(=O)NC(C)CC(C)(C)OC. The van der Waals surface area contributed by atoms with Gasteiger partial charge in [0.25, 0.3) is 0 Å². The Morgan fingerprint density at radius 2 is 2.00 bits per heavy atom. The molecule has 0 aliphatic heterocycles. The Morgan fingerprint density at radius 3 is 2.44 bits per heavy atom. The van der Waals surface area contributed by atoms with Crippen molar-refractivity contribution < 1.29 is 14.6 Å². The Hall–Kier alpha value is -0.810. The second-order valence-electron chi connectivity index (χ2n) is 5.30. The molecule has 108 valence electrons. The normalized spacial score (nSPS) is 15.0. The lowest BCUT2D eigenvalue weighted by molar-refractivity contribution is 0.00948. The van der Waals surface area contributed by atoms with Gasteiger partial charge in [0.05, 0.1) is 5.60 Å². The summed E-state index contributed by atoms with van der Waals surface area (Å²) in [5.41, 5.74) is -0.248. The molecule has 0 bridgehead atoms. The number of hydrogen-bond acceptors (Lipinski definition) is 3. The van der Waals surface area contributed by atoms with Gasteiger partial charge in [0.2, 0.25) is 0 Å². The van der Waals surface area contributed by atoms with Gasteiger partial charge in [-0.25, -0.2) is 4.79 Å². The number of hydrogen-bond donors (Lipinski definition) is 3. The van der Waals surface area contributed by atoms with E-state index in [2.05, 4.69) is 10.6 Å². The second kappa shape index (κ2) is 8.32. The largest absolute Gasteiger partial charge is 0.396 e. The lowest BCUT2D eigenvalue weighted by atomic mass is 10.00. The van der Waals surface area contributed by atoms with E-state index in [-0.39, 0.29) is 30.3 Å². The minimum atomic E-state index is -0.248. The van der Waals surface area contributed by atoms with Crippen molar-refractivity contribution in [2.24, 2.45) is 0 Å². The van der Waals surface area contributed by atoms with Gasteiger partial charge in [0, 0.05) is 25.8 Å². The van der Waals surface area contributed by atoms with Gasteiger partial charge >= 0.3 is 6.03 Å². The molecule has 0 heterocycles. The number of carbonyl (C=O) groups is 1. The van der Waals surface area contributed by atoms with Gasteiger partial charge < -0.3 is 20.5 Å². The molecule has 5 nitrogen and oxygen atoms in total. The smallest absolute Gasteiger partial charge is 0.315 e. The van der Waals surface area contributed by atoms with E-state index in [9.17, 15) is 4.79 Å². The highest BCUT2D eigenvalue weighted by Gasteiger charge is 2.21. The maximum Gasteiger partial charge on any atom is 0.315 e. The molecule has 0 aromatic rings. The van der Waals surface area contributed by atoms with Crippen LogP contribution in [0.4, 0.5) is 4.79 Å². The van der Waals surface area contributed by atoms with E-state index >= 15 is 0 Å². The zero-order valence-corrected chi connectivity index (χ0v) is 12.2. The molecule has 0 rings (SSSR count). The third-order valence-electron chi connectivity index (χ3n) is 3.03. The van der Waals surface area contributed by atoms with E-state index in [1.54, 1.807) is 7.11 Å². The highest BCUT2D eigenvalue weighted by Crippen LogP contribution is 2.15. The molecular weight excluding hydrogens is 232 g/mol. The van der Waals surface area contributed by atoms with Gasteiger partial charge in [-0.05, 0) is 40.0 Å². The van der Waals surface area contributed by atoms with Gasteiger partial charge in [0.15, 0.2) is 0 Å². The molecule has 0 fully saturated rings. The van der Waals surface area contributed by atoms with E-state index in [4.69, 9.17) is 9.84 Å². The van der Waals surface area contributed by atoms with Crippen LogP contribution in [0.2, 0.25) is 0 Å². The van der Waals surface area contributed by atoms with Crippen LogP contribution in [0.15, 0.2) is 0 Å². The molecule has 5 heteroatoms. The monoisotopic (exact) mass is 260 g/mol. The van der Waals surface area contributed by atoms with E-state index in [1.165, 1.54) is 0 Å².